The van der Waals surface area contributed by atoms with Gasteiger partial charge < -0.3 is 5.73 Å². The summed E-state index contributed by atoms with van der Waals surface area (Å²) in [5.41, 5.74) is 5.74. The van der Waals surface area contributed by atoms with Crippen LogP contribution in [0.25, 0.3) is 0 Å². The maximum Gasteiger partial charge on any atom is 0.215 e. The molecule has 2 N–H and O–H groups in total. The third-order valence-corrected chi connectivity index (χ3v) is 4.89. The van der Waals surface area contributed by atoms with E-state index < -0.39 is 10.0 Å². The summed E-state index contributed by atoms with van der Waals surface area (Å²) < 4.78 is 25.4. The molecule has 0 aliphatic carbocycles. The molecule has 0 aromatic carbocycles. The first kappa shape index (κ1) is 12.9. The molecule has 1 rings (SSSR count). The minimum absolute atomic E-state index is 0.0660. The average Bonchev–Trinajstić information content (AvgIpc) is 2.52. The van der Waals surface area contributed by atoms with Crippen LogP contribution < -0.4 is 5.73 Å². The Morgan fingerprint density at radius 1 is 1.27 bits per heavy atom. The third-order valence-electron chi connectivity index (χ3n) is 2.96. The smallest absolute Gasteiger partial charge is 0.215 e. The molecule has 0 bridgehead atoms. The molecular formula is C10H22N2O2S. The lowest BCUT2D eigenvalue weighted by Crippen LogP contribution is -2.45. The minimum Gasteiger partial charge on any atom is -0.326 e. The van der Waals surface area contributed by atoms with Crippen molar-refractivity contribution in [1.82, 2.24) is 4.31 Å². The molecule has 90 valence electrons. The standard InChI is InChI=1S/C10H22N2O2S/c1-10(2,3)9(11)8-15(13,14)12-6-4-5-7-12/h9H,4-8,11H2,1-3H3. The van der Waals surface area contributed by atoms with Gasteiger partial charge in [-0.05, 0) is 18.3 Å². The van der Waals surface area contributed by atoms with Crippen LogP contribution >= 0.6 is 0 Å². The van der Waals surface area contributed by atoms with Crippen molar-refractivity contribution in [3.63, 3.8) is 0 Å². The van der Waals surface area contributed by atoms with E-state index >= 15 is 0 Å². The van der Waals surface area contributed by atoms with Gasteiger partial charge in [-0.15, -0.1) is 0 Å². The van der Waals surface area contributed by atoms with Crippen LogP contribution in [0.3, 0.4) is 0 Å². The van der Waals surface area contributed by atoms with Crippen molar-refractivity contribution >= 4 is 10.0 Å². The molecule has 0 spiro atoms. The normalized spacial score (nSPS) is 21.9. The summed E-state index contributed by atoms with van der Waals surface area (Å²) in [4.78, 5) is 0. The number of hydrogen-bond donors (Lipinski definition) is 1. The van der Waals surface area contributed by atoms with Crippen molar-refractivity contribution in [3.05, 3.63) is 0 Å². The lowest BCUT2D eigenvalue weighted by atomic mass is 9.89. The van der Waals surface area contributed by atoms with E-state index in [0.717, 1.165) is 12.8 Å². The number of rotatable bonds is 3. The second-order valence-corrected chi connectivity index (χ2v) is 7.37. The fourth-order valence-corrected chi connectivity index (χ4v) is 3.53. The summed E-state index contributed by atoms with van der Waals surface area (Å²) in [6.07, 6.45) is 1.95. The van der Waals surface area contributed by atoms with E-state index in [1.807, 2.05) is 20.8 Å². The Kier molecular flexibility index (Phi) is 3.79. The predicted octanol–water partition coefficient (Wildman–Crippen LogP) is 0.785. The summed E-state index contributed by atoms with van der Waals surface area (Å²) in [7, 11) is -3.13. The average molecular weight is 234 g/mol. The van der Waals surface area contributed by atoms with Crippen LogP contribution in [0.15, 0.2) is 0 Å². The van der Waals surface area contributed by atoms with Crippen LogP contribution in [0, 0.1) is 5.41 Å². The van der Waals surface area contributed by atoms with Crippen LogP contribution in [0.2, 0.25) is 0 Å². The molecule has 1 atom stereocenters. The molecule has 4 nitrogen and oxygen atoms in total. The zero-order chi connectivity index (χ0) is 11.7. The Balaban J connectivity index is 2.64. The molecule has 1 unspecified atom stereocenters. The van der Waals surface area contributed by atoms with Crippen LogP contribution in [0.4, 0.5) is 0 Å². The van der Waals surface area contributed by atoms with Crippen LogP contribution in [0.1, 0.15) is 33.6 Å². The van der Waals surface area contributed by atoms with Gasteiger partial charge in [0.1, 0.15) is 0 Å². The van der Waals surface area contributed by atoms with Gasteiger partial charge in [-0.3, -0.25) is 0 Å². The zero-order valence-electron chi connectivity index (χ0n) is 9.86. The lowest BCUT2D eigenvalue weighted by molar-refractivity contribution is 0.335. The van der Waals surface area contributed by atoms with Crippen LogP contribution in [0.5, 0.6) is 0 Å². The van der Waals surface area contributed by atoms with Crippen molar-refractivity contribution in [3.8, 4) is 0 Å². The zero-order valence-corrected chi connectivity index (χ0v) is 10.7. The van der Waals surface area contributed by atoms with Crippen molar-refractivity contribution in [2.45, 2.75) is 39.7 Å². The van der Waals surface area contributed by atoms with E-state index in [9.17, 15) is 8.42 Å². The molecule has 0 radical (unpaired) electrons. The summed E-state index contributed by atoms with van der Waals surface area (Å²) in [6.45, 7) is 7.24. The van der Waals surface area contributed by atoms with Gasteiger partial charge in [0.25, 0.3) is 0 Å². The van der Waals surface area contributed by atoms with E-state index in [1.54, 1.807) is 4.31 Å². The molecule has 15 heavy (non-hydrogen) atoms. The van der Waals surface area contributed by atoms with Gasteiger partial charge in [0.2, 0.25) is 10.0 Å². The Labute approximate surface area is 92.9 Å². The molecule has 1 heterocycles. The minimum atomic E-state index is -3.13. The van der Waals surface area contributed by atoms with Gasteiger partial charge in [-0.1, -0.05) is 20.8 Å². The fourth-order valence-electron chi connectivity index (χ4n) is 1.55. The maximum atomic E-state index is 11.9. The quantitative estimate of drug-likeness (QED) is 0.785. The fraction of sp³-hybridized carbons (Fsp3) is 1.00. The highest BCUT2D eigenvalue weighted by Crippen LogP contribution is 2.21. The highest BCUT2D eigenvalue weighted by Gasteiger charge is 2.31. The largest absolute Gasteiger partial charge is 0.326 e. The highest BCUT2D eigenvalue weighted by molar-refractivity contribution is 7.89. The van der Waals surface area contributed by atoms with Crippen molar-refractivity contribution in [2.75, 3.05) is 18.8 Å². The summed E-state index contributed by atoms with van der Waals surface area (Å²) in [5, 5.41) is 0. The number of sulfonamides is 1. The van der Waals surface area contributed by atoms with E-state index in [4.69, 9.17) is 5.73 Å². The van der Waals surface area contributed by atoms with E-state index in [1.165, 1.54) is 0 Å². The Bertz CT molecular complexity index is 300. The summed E-state index contributed by atoms with van der Waals surface area (Å²) >= 11 is 0. The summed E-state index contributed by atoms with van der Waals surface area (Å²) in [5.74, 6) is 0.0660. The van der Waals surface area contributed by atoms with E-state index in [0.29, 0.717) is 13.1 Å². The second kappa shape index (κ2) is 4.39. The Morgan fingerprint density at radius 2 is 1.73 bits per heavy atom. The van der Waals surface area contributed by atoms with Crippen LogP contribution in [-0.2, 0) is 10.0 Å². The first-order valence-electron chi connectivity index (χ1n) is 5.47. The number of nitrogens with two attached hydrogens (primary N) is 1. The van der Waals surface area contributed by atoms with Crippen LogP contribution in [-0.4, -0.2) is 37.6 Å². The third kappa shape index (κ3) is 3.43. The predicted molar refractivity (Wildman–Crippen MR) is 62.0 cm³/mol. The molecule has 5 heteroatoms. The molecule has 0 saturated carbocycles. The van der Waals surface area contributed by atoms with Gasteiger partial charge in [0.15, 0.2) is 0 Å². The summed E-state index contributed by atoms with van der Waals surface area (Å²) in [6, 6.07) is -0.303. The van der Waals surface area contributed by atoms with Gasteiger partial charge in [0.05, 0.1) is 5.75 Å². The SMILES string of the molecule is CC(C)(C)C(N)CS(=O)(=O)N1CCCC1. The molecule has 1 aliphatic heterocycles. The molecule has 0 aromatic rings. The first-order chi connectivity index (χ1) is 6.73. The van der Waals surface area contributed by atoms with E-state index in [2.05, 4.69) is 0 Å². The molecule has 1 saturated heterocycles. The second-order valence-electron chi connectivity index (χ2n) is 5.36. The molecule has 1 aliphatic rings. The monoisotopic (exact) mass is 234 g/mol. The van der Waals surface area contributed by atoms with Crippen molar-refractivity contribution in [1.29, 1.82) is 0 Å². The van der Waals surface area contributed by atoms with Gasteiger partial charge in [-0.25, -0.2) is 12.7 Å². The Hall–Kier alpha value is -0.130. The molecular weight excluding hydrogens is 212 g/mol. The molecule has 0 amide bonds. The Morgan fingerprint density at radius 3 is 2.13 bits per heavy atom. The van der Waals surface area contributed by atoms with Gasteiger partial charge in [-0.2, -0.15) is 0 Å². The first-order valence-corrected chi connectivity index (χ1v) is 7.08. The molecule has 1 fully saturated rings. The number of hydrogen-bond acceptors (Lipinski definition) is 3. The van der Waals surface area contributed by atoms with E-state index in [-0.39, 0.29) is 17.2 Å². The number of nitrogens with zero attached hydrogens (tertiary/aromatic N) is 1. The van der Waals surface area contributed by atoms with Gasteiger partial charge >= 0.3 is 0 Å². The van der Waals surface area contributed by atoms with Crippen molar-refractivity contribution in [2.24, 2.45) is 11.1 Å². The van der Waals surface area contributed by atoms with Crippen molar-refractivity contribution < 1.29 is 8.42 Å². The topological polar surface area (TPSA) is 63.4 Å². The maximum absolute atomic E-state index is 11.9. The lowest BCUT2D eigenvalue weighted by Gasteiger charge is -2.28. The molecule has 0 aromatic heterocycles. The highest BCUT2D eigenvalue weighted by atomic mass is 32.2. The van der Waals surface area contributed by atoms with Gasteiger partial charge in [0, 0.05) is 19.1 Å².